The summed E-state index contributed by atoms with van der Waals surface area (Å²) in [6.07, 6.45) is 0.909. The Morgan fingerprint density at radius 2 is 1.91 bits per heavy atom. The Balaban J connectivity index is 1.84. The first-order valence-electron chi connectivity index (χ1n) is 10.6. The van der Waals surface area contributed by atoms with E-state index in [0.717, 1.165) is 5.70 Å². The van der Waals surface area contributed by atoms with Crippen LogP contribution in [0.15, 0.2) is 71.1 Å². The van der Waals surface area contributed by atoms with Crippen molar-refractivity contribution in [2.24, 2.45) is 5.41 Å². The lowest BCUT2D eigenvalue weighted by Crippen LogP contribution is -2.39. The molecule has 33 heavy (non-hydrogen) atoms. The molecule has 1 amide bonds. The van der Waals surface area contributed by atoms with Gasteiger partial charge in [0.05, 0.1) is 4.92 Å². The SMILES string of the molecule is CC1=C(C(=O)Nc2cccc(F)c2)[C@H](c2cccc([N+](=O)[O-])c2)C2=C(CC(C)(C)CC2=O)N1. The third-order valence-corrected chi connectivity index (χ3v) is 5.98. The molecule has 1 atom stereocenters. The number of non-ortho nitro benzene ring substituents is 1. The standard InChI is InChI=1S/C25H24FN3O4/c1-14-21(24(31)28-17-8-5-7-16(26)11-17)22(15-6-4-9-18(10-15)29(32)33)23-19(27-14)12-25(2,3)13-20(23)30/h4-11,22,27H,12-13H2,1-3H3,(H,28,31)/t22-/m0/s1. The number of hydrogen-bond acceptors (Lipinski definition) is 5. The topological polar surface area (TPSA) is 101 Å². The number of hydrogen-bond donors (Lipinski definition) is 2. The summed E-state index contributed by atoms with van der Waals surface area (Å²) >= 11 is 0. The number of rotatable bonds is 4. The van der Waals surface area contributed by atoms with E-state index in [2.05, 4.69) is 10.6 Å². The molecule has 0 unspecified atom stereocenters. The van der Waals surface area contributed by atoms with Crippen LogP contribution in [0.25, 0.3) is 0 Å². The molecular weight excluding hydrogens is 425 g/mol. The van der Waals surface area contributed by atoms with Crippen molar-refractivity contribution in [3.8, 4) is 0 Å². The molecule has 2 aromatic carbocycles. The molecule has 0 saturated carbocycles. The second-order valence-corrected chi connectivity index (χ2v) is 9.25. The second-order valence-electron chi connectivity index (χ2n) is 9.25. The maximum Gasteiger partial charge on any atom is 0.269 e. The molecule has 1 heterocycles. The number of ketones is 1. The average Bonchev–Trinajstić information content (AvgIpc) is 2.71. The molecule has 7 nitrogen and oxygen atoms in total. The first kappa shape index (κ1) is 22.4. The highest BCUT2D eigenvalue weighted by molar-refractivity contribution is 6.10. The summed E-state index contributed by atoms with van der Waals surface area (Å²) in [6.45, 7) is 5.74. The monoisotopic (exact) mass is 449 g/mol. The molecular formula is C25H24FN3O4. The Labute approximate surface area is 190 Å². The van der Waals surface area contributed by atoms with E-state index in [9.17, 15) is 24.1 Å². The number of allylic oxidation sites excluding steroid dienone is 3. The summed E-state index contributed by atoms with van der Waals surface area (Å²) in [4.78, 5) is 37.6. The van der Waals surface area contributed by atoms with Crippen LogP contribution >= 0.6 is 0 Å². The maximum atomic E-state index is 13.7. The van der Waals surface area contributed by atoms with Crippen LogP contribution in [0.4, 0.5) is 15.8 Å². The molecule has 2 aliphatic rings. The lowest BCUT2D eigenvalue weighted by molar-refractivity contribution is -0.384. The van der Waals surface area contributed by atoms with E-state index in [4.69, 9.17) is 0 Å². The molecule has 0 bridgehead atoms. The van der Waals surface area contributed by atoms with Crippen LogP contribution in [0.1, 0.15) is 45.1 Å². The molecule has 0 saturated heterocycles. The fraction of sp³-hybridized carbons (Fsp3) is 0.280. The van der Waals surface area contributed by atoms with E-state index in [1.807, 2.05) is 13.8 Å². The first-order chi connectivity index (χ1) is 15.6. The molecule has 4 rings (SSSR count). The zero-order valence-electron chi connectivity index (χ0n) is 18.6. The Morgan fingerprint density at radius 3 is 2.61 bits per heavy atom. The highest BCUT2D eigenvalue weighted by Gasteiger charge is 2.43. The predicted molar refractivity (Wildman–Crippen MR) is 122 cm³/mol. The molecule has 1 aliphatic carbocycles. The largest absolute Gasteiger partial charge is 0.362 e. The second kappa shape index (κ2) is 8.27. The summed E-state index contributed by atoms with van der Waals surface area (Å²) in [5.74, 6) is -1.89. The molecule has 2 N–H and O–H groups in total. The summed E-state index contributed by atoms with van der Waals surface area (Å²) in [5, 5.41) is 17.3. The first-order valence-corrected chi connectivity index (χ1v) is 10.6. The molecule has 0 radical (unpaired) electrons. The van der Waals surface area contributed by atoms with Crippen molar-refractivity contribution in [1.82, 2.24) is 5.32 Å². The molecule has 0 spiro atoms. The van der Waals surface area contributed by atoms with Crippen molar-refractivity contribution < 1.29 is 18.9 Å². The van der Waals surface area contributed by atoms with Crippen molar-refractivity contribution in [3.63, 3.8) is 0 Å². The molecule has 2 aromatic rings. The van der Waals surface area contributed by atoms with E-state index < -0.39 is 22.6 Å². The number of nitro benzene ring substituents is 1. The normalized spacial score (nSPS) is 19.6. The van der Waals surface area contributed by atoms with E-state index in [-0.39, 0.29) is 28.1 Å². The van der Waals surface area contributed by atoms with E-state index in [0.29, 0.717) is 29.7 Å². The summed E-state index contributed by atoms with van der Waals surface area (Å²) in [5.41, 5.74) is 2.37. The summed E-state index contributed by atoms with van der Waals surface area (Å²) in [7, 11) is 0. The van der Waals surface area contributed by atoms with E-state index in [1.54, 1.807) is 25.1 Å². The molecule has 1 aliphatic heterocycles. The Morgan fingerprint density at radius 1 is 1.18 bits per heavy atom. The number of amides is 1. The highest BCUT2D eigenvalue weighted by atomic mass is 19.1. The van der Waals surface area contributed by atoms with Crippen LogP contribution < -0.4 is 10.6 Å². The molecule has 8 heteroatoms. The number of carbonyl (C=O) groups excluding carboxylic acids is 2. The van der Waals surface area contributed by atoms with Crippen LogP contribution in [-0.2, 0) is 9.59 Å². The van der Waals surface area contributed by atoms with Gasteiger partial charge in [0.15, 0.2) is 5.78 Å². The summed E-state index contributed by atoms with van der Waals surface area (Å²) < 4.78 is 13.7. The quantitative estimate of drug-likeness (QED) is 0.507. The minimum atomic E-state index is -0.779. The van der Waals surface area contributed by atoms with Gasteiger partial charge in [0.25, 0.3) is 11.6 Å². The molecule has 0 aromatic heterocycles. The van der Waals surface area contributed by atoms with Gasteiger partial charge < -0.3 is 10.6 Å². The predicted octanol–water partition coefficient (Wildman–Crippen LogP) is 4.98. The zero-order chi connectivity index (χ0) is 23.9. The zero-order valence-corrected chi connectivity index (χ0v) is 18.6. The third kappa shape index (κ3) is 4.41. The van der Waals surface area contributed by atoms with Gasteiger partial charge in [-0.15, -0.1) is 0 Å². The minimum absolute atomic E-state index is 0.103. The van der Waals surface area contributed by atoms with Crippen LogP contribution in [-0.4, -0.2) is 16.6 Å². The van der Waals surface area contributed by atoms with Crippen molar-refractivity contribution in [1.29, 1.82) is 0 Å². The average molecular weight is 449 g/mol. The van der Waals surface area contributed by atoms with Crippen molar-refractivity contribution >= 4 is 23.1 Å². The van der Waals surface area contributed by atoms with Gasteiger partial charge >= 0.3 is 0 Å². The van der Waals surface area contributed by atoms with Gasteiger partial charge in [0.2, 0.25) is 0 Å². The minimum Gasteiger partial charge on any atom is -0.362 e. The van der Waals surface area contributed by atoms with Crippen LogP contribution in [0.3, 0.4) is 0 Å². The number of anilines is 1. The van der Waals surface area contributed by atoms with Crippen molar-refractivity contribution in [2.45, 2.75) is 39.5 Å². The van der Waals surface area contributed by atoms with Crippen molar-refractivity contribution in [3.05, 3.63) is 92.6 Å². The number of benzene rings is 2. The lowest BCUT2D eigenvalue weighted by atomic mass is 9.68. The van der Waals surface area contributed by atoms with Gasteiger partial charge in [-0.2, -0.15) is 0 Å². The highest BCUT2D eigenvalue weighted by Crippen LogP contribution is 2.47. The van der Waals surface area contributed by atoms with E-state index >= 15 is 0 Å². The van der Waals surface area contributed by atoms with E-state index in [1.165, 1.54) is 30.3 Å². The lowest BCUT2D eigenvalue weighted by Gasteiger charge is -2.39. The fourth-order valence-corrected chi connectivity index (χ4v) is 4.65. The van der Waals surface area contributed by atoms with Crippen molar-refractivity contribution in [2.75, 3.05) is 5.32 Å². The number of carbonyl (C=O) groups is 2. The number of dihydropyridines is 1. The number of halogens is 1. The van der Waals surface area contributed by atoms with Gasteiger partial charge in [0.1, 0.15) is 5.82 Å². The number of nitrogens with zero attached hydrogens (tertiary/aromatic N) is 1. The van der Waals surface area contributed by atoms with Gasteiger partial charge in [0, 0.05) is 52.7 Å². The Bertz CT molecular complexity index is 1250. The number of nitro groups is 1. The Hall–Kier alpha value is -3.81. The molecule has 0 fully saturated rings. The van der Waals surface area contributed by atoms with Gasteiger partial charge in [-0.3, -0.25) is 19.7 Å². The number of Topliss-reactive ketones (excluding diaryl/α,β-unsaturated/α-hetero) is 1. The third-order valence-electron chi connectivity index (χ3n) is 5.98. The van der Waals surface area contributed by atoms with Gasteiger partial charge in [-0.1, -0.05) is 32.0 Å². The summed E-state index contributed by atoms with van der Waals surface area (Å²) in [6, 6.07) is 11.5. The van der Waals surface area contributed by atoms with Gasteiger partial charge in [-0.05, 0) is 42.5 Å². The smallest absolute Gasteiger partial charge is 0.269 e. The van der Waals surface area contributed by atoms with Crippen LogP contribution in [0, 0.1) is 21.3 Å². The number of nitrogens with one attached hydrogen (secondary N) is 2. The maximum absolute atomic E-state index is 13.7. The van der Waals surface area contributed by atoms with Crippen LogP contribution in [0.2, 0.25) is 0 Å². The van der Waals surface area contributed by atoms with Crippen LogP contribution in [0.5, 0.6) is 0 Å². The van der Waals surface area contributed by atoms with Gasteiger partial charge in [-0.25, -0.2) is 4.39 Å². The molecule has 170 valence electrons. The fourth-order valence-electron chi connectivity index (χ4n) is 4.65. The Kier molecular flexibility index (Phi) is 5.61.